The van der Waals surface area contributed by atoms with Gasteiger partial charge in [0.15, 0.2) is 0 Å². The van der Waals surface area contributed by atoms with Crippen LogP contribution in [0.25, 0.3) is 0 Å². The van der Waals surface area contributed by atoms with Gasteiger partial charge in [0.1, 0.15) is 6.17 Å². The van der Waals surface area contributed by atoms with Gasteiger partial charge in [0.05, 0.1) is 0 Å². The molecule has 22 heavy (non-hydrogen) atoms. The first-order valence-corrected chi connectivity index (χ1v) is 10.3. The van der Waals surface area contributed by atoms with Gasteiger partial charge in [-0.05, 0) is 86.9 Å². The van der Waals surface area contributed by atoms with Gasteiger partial charge in [-0.2, -0.15) is 0 Å². The maximum absolute atomic E-state index is 14.9. The molecule has 4 fully saturated rings. The smallest absolute Gasteiger partial charge is 0.104 e. The minimum Gasteiger partial charge on any atom is -0.247 e. The summed E-state index contributed by atoms with van der Waals surface area (Å²) in [6.07, 6.45) is 17.9. The Morgan fingerprint density at radius 2 is 1.59 bits per heavy atom. The van der Waals surface area contributed by atoms with Gasteiger partial charge in [-0.1, -0.05) is 39.5 Å². The minimum absolute atomic E-state index is 0.407. The molecule has 0 heterocycles. The first-order chi connectivity index (χ1) is 10.6. The molecule has 4 aliphatic carbocycles. The summed E-state index contributed by atoms with van der Waals surface area (Å²) < 4.78 is 14.9. The Kier molecular flexibility index (Phi) is 5.20. The first kappa shape index (κ1) is 16.8. The lowest BCUT2D eigenvalue weighted by Gasteiger charge is -2.58. The van der Waals surface area contributed by atoms with E-state index >= 15 is 0 Å². The lowest BCUT2D eigenvalue weighted by Crippen LogP contribution is -2.49. The Bertz CT molecular complexity index is 336. The second-order valence-electron chi connectivity index (χ2n) is 9.03. The maximum atomic E-state index is 14.9. The maximum Gasteiger partial charge on any atom is 0.104 e. The summed E-state index contributed by atoms with van der Waals surface area (Å²) in [5, 5.41) is 0. The van der Waals surface area contributed by atoms with Crippen LogP contribution in [0.1, 0.15) is 104 Å². The lowest BCUT2D eigenvalue weighted by atomic mass is 9.47. The largest absolute Gasteiger partial charge is 0.247 e. The third kappa shape index (κ3) is 3.11. The van der Waals surface area contributed by atoms with E-state index < -0.39 is 6.17 Å². The quantitative estimate of drug-likeness (QED) is 0.460. The van der Waals surface area contributed by atoms with Crippen LogP contribution >= 0.6 is 0 Å². The molecule has 1 unspecified atom stereocenters. The number of halogens is 1. The van der Waals surface area contributed by atoms with Gasteiger partial charge < -0.3 is 0 Å². The molecule has 0 radical (unpaired) electrons. The number of fused-ring (bicyclic) bond motifs is 3. The summed E-state index contributed by atoms with van der Waals surface area (Å²) in [5.74, 6) is 1.08. The number of rotatable bonds is 6. The molecule has 0 amide bonds. The summed E-state index contributed by atoms with van der Waals surface area (Å²) in [6.45, 7) is 4.54. The monoisotopic (exact) mass is 308 g/mol. The van der Waals surface area contributed by atoms with Crippen molar-refractivity contribution in [3.8, 4) is 0 Å². The summed E-state index contributed by atoms with van der Waals surface area (Å²) in [4.78, 5) is 0. The molecule has 128 valence electrons. The standard InChI is InChI=1S/C21H37F/c1-3-5-6-9-20-10-13-21(14-11-20,15-12-20)18-8-7-17(4-2)16-19(18)22/h17-19H,3-16H2,1-2H3/t17-,18?,19+,20?,21?/m0/s1. The van der Waals surface area contributed by atoms with Crippen molar-refractivity contribution in [2.75, 3.05) is 0 Å². The molecule has 0 aliphatic heterocycles. The van der Waals surface area contributed by atoms with Crippen molar-refractivity contribution in [3.63, 3.8) is 0 Å². The molecule has 4 rings (SSSR count). The fraction of sp³-hybridized carbons (Fsp3) is 1.00. The van der Waals surface area contributed by atoms with Crippen LogP contribution in [0.5, 0.6) is 0 Å². The van der Waals surface area contributed by atoms with Crippen molar-refractivity contribution >= 4 is 0 Å². The number of hydrogen-bond donors (Lipinski definition) is 0. The highest BCUT2D eigenvalue weighted by Gasteiger charge is 2.53. The van der Waals surface area contributed by atoms with Gasteiger partial charge >= 0.3 is 0 Å². The molecule has 0 aromatic heterocycles. The van der Waals surface area contributed by atoms with Crippen LogP contribution in [0.2, 0.25) is 0 Å². The SMILES string of the molecule is CCCCCC12CCC(C3CC[C@H](CC)C[C@H]3F)(CC1)CC2. The molecule has 0 saturated heterocycles. The van der Waals surface area contributed by atoms with E-state index in [1.165, 1.54) is 83.5 Å². The fourth-order valence-corrected chi connectivity index (χ4v) is 6.23. The topological polar surface area (TPSA) is 0 Å². The van der Waals surface area contributed by atoms with Crippen molar-refractivity contribution in [3.05, 3.63) is 0 Å². The first-order valence-electron chi connectivity index (χ1n) is 10.3. The van der Waals surface area contributed by atoms with Crippen LogP contribution < -0.4 is 0 Å². The van der Waals surface area contributed by atoms with E-state index in [1.807, 2.05) is 0 Å². The summed E-state index contributed by atoms with van der Waals surface area (Å²) in [7, 11) is 0. The van der Waals surface area contributed by atoms with Gasteiger partial charge in [-0.25, -0.2) is 4.39 Å². The van der Waals surface area contributed by atoms with Crippen molar-refractivity contribution < 1.29 is 4.39 Å². The van der Waals surface area contributed by atoms with Gasteiger partial charge in [0.25, 0.3) is 0 Å². The van der Waals surface area contributed by atoms with E-state index in [9.17, 15) is 4.39 Å². The molecule has 0 aromatic carbocycles. The van der Waals surface area contributed by atoms with Crippen molar-refractivity contribution in [2.24, 2.45) is 22.7 Å². The average molecular weight is 309 g/mol. The molecule has 4 aliphatic rings. The van der Waals surface area contributed by atoms with E-state index in [0.717, 1.165) is 6.42 Å². The Labute approximate surface area is 137 Å². The normalized spacial score (nSPS) is 45.1. The van der Waals surface area contributed by atoms with Gasteiger partial charge in [0.2, 0.25) is 0 Å². The summed E-state index contributed by atoms with van der Waals surface area (Å²) in [6, 6.07) is 0. The number of alkyl halides is 1. The van der Waals surface area contributed by atoms with E-state index in [1.54, 1.807) is 0 Å². The van der Waals surface area contributed by atoms with Gasteiger partial charge in [-0.3, -0.25) is 0 Å². The molecule has 0 aromatic rings. The van der Waals surface area contributed by atoms with Crippen LogP contribution in [0.15, 0.2) is 0 Å². The minimum atomic E-state index is -0.496. The Hall–Kier alpha value is -0.0700. The molecule has 1 heteroatoms. The third-order valence-corrected chi connectivity index (χ3v) is 8.02. The predicted molar refractivity (Wildman–Crippen MR) is 92.7 cm³/mol. The molecular formula is C21H37F. The Morgan fingerprint density at radius 1 is 0.909 bits per heavy atom. The van der Waals surface area contributed by atoms with Gasteiger partial charge in [0, 0.05) is 0 Å². The highest BCUT2D eigenvalue weighted by atomic mass is 19.1. The Morgan fingerprint density at radius 3 is 2.14 bits per heavy atom. The zero-order valence-corrected chi connectivity index (χ0v) is 15.0. The van der Waals surface area contributed by atoms with E-state index in [0.29, 0.717) is 22.7 Å². The van der Waals surface area contributed by atoms with E-state index in [2.05, 4.69) is 13.8 Å². The van der Waals surface area contributed by atoms with E-state index in [-0.39, 0.29) is 0 Å². The van der Waals surface area contributed by atoms with Crippen molar-refractivity contribution in [2.45, 2.75) is 110 Å². The molecule has 0 nitrogen and oxygen atoms in total. The molecular weight excluding hydrogens is 271 g/mol. The fourth-order valence-electron chi connectivity index (χ4n) is 6.23. The summed E-state index contributed by atoms with van der Waals surface area (Å²) >= 11 is 0. The predicted octanol–water partition coefficient (Wildman–Crippen LogP) is 7.07. The summed E-state index contributed by atoms with van der Waals surface area (Å²) in [5.41, 5.74) is 1.08. The molecule has 2 bridgehead atoms. The number of unbranched alkanes of at least 4 members (excludes halogenated alkanes) is 2. The molecule has 0 N–H and O–H groups in total. The second kappa shape index (κ2) is 6.81. The van der Waals surface area contributed by atoms with Crippen LogP contribution in [0.3, 0.4) is 0 Å². The van der Waals surface area contributed by atoms with Gasteiger partial charge in [-0.15, -0.1) is 0 Å². The third-order valence-electron chi connectivity index (χ3n) is 8.02. The molecule has 3 atom stereocenters. The zero-order valence-electron chi connectivity index (χ0n) is 15.0. The van der Waals surface area contributed by atoms with Crippen molar-refractivity contribution in [1.82, 2.24) is 0 Å². The number of hydrogen-bond acceptors (Lipinski definition) is 0. The lowest BCUT2D eigenvalue weighted by molar-refractivity contribution is -0.0896. The highest BCUT2D eigenvalue weighted by Crippen LogP contribution is 2.63. The van der Waals surface area contributed by atoms with Crippen LogP contribution in [0.4, 0.5) is 4.39 Å². The van der Waals surface area contributed by atoms with Crippen molar-refractivity contribution in [1.29, 1.82) is 0 Å². The second-order valence-corrected chi connectivity index (χ2v) is 9.03. The van der Waals surface area contributed by atoms with Crippen LogP contribution in [0, 0.1) is 22.7 Å². The van der Waals surface area contributed by atoms with Crippen LogP contribution in [-0.2, 0) is 0 Å². The zero-order chi connectivity index (χ0) is 15.6. The highest BCUT2D eigenvalue weighted by molar-refractivity contribution is 5.04. The Balaban J connectivity index is 1.59. The average Bonchev–Trinajstić information content (AvgIpc) is 2.56. The molecule has 0 spiro atoms. The van der Waals surface area contributed by atoms with E-state index in [4.69, 9.17) is 0 Å². The van der Waals surface area contributed by atoms with Crippen LogP contribution in [-0.4, -0.2) is 6.17 Å². The molecule has 4 saturated carbocycles.